The summed E-state index contributed by atoms with van der Waals surface area (Å²) in [6, 6.07) is 12.8. The van der Waals surface area contributed by atoms with Gasteiger partial charge in [0.2, 0.25) is 5.13 Å². The van der Waals surface area contributed by atoms with Gasteiger partial charge in [0.15, 0.2) is 4.34 Å². The monoisotopic (exact) mass is 416 g/mol. The number of halogens is 1. The normalized spacial score (nSPS) is 11.0. The number of hydrogen-bond acceptors (Lipinski definition) is 8. The number of thioether (sulfide) groups is 1. The van der Waals surface area contributed by atoms with E-state index in [1.165, 1.54) is 27.8 Å². The van der Waals surface area contributed by atoms with Gasteiger partial charge in [-0.1, -0.05) is 58.1 Å². The molecule has 0 aliphatic carbocycles. The molecular formula is C17H13ClN6OS2. The van der Waals surface area contributed by atoms with Gasteiger partial charge < -0.3 is 5.32 Å². The van der Waals surface area contributed by atoms with Crippen LogP contribution >= 0.6 is 34.7 Å². The number of nitrogens with zero attached hydrogens (tertiary/aromatic N) is 5. The van der Waals surface area contributed by atoms with Gasteiger partial charge in [0, 0.05) is 10.7 Å². The Labute approximate surface area is 167 Å². The van der Waals surface area contributed by atoms with Crippen LogP contribution in [0.3, 0.4) is 0 Å². The Morgan fingerprint density at radius 2 is 2.00 bits per heavy atom. The van der Waals surface area contributed by atoms with Crippen LogP contribution in [0.1, 0.15) is 5.56 Å². The highest BCUT2D eigenvalue weighted by atomic mass is 35.5. The molecule has 0 aliphatic heterocycles. The molecule has 4 aromatic rings. The summed E-state index contributed by atoms with van der Waals surface area (Å²) in [6.07, 6.45) is 0. The SMILES string of the molecule is Cc1c(Cl)cccc1Nc1nnc(SCn2nnc3ccccc3c2=O)s1. The van der Waals surface area contributed by atoms with Crippen molar-refractivity contribution >= 4 is 56.4 Å². The van der Waals surface area contributed by atoms with Crippen LogP contribution in [-0.4, -0.2) is 25.2 Å². The van der Waals surface area contributed by atoms with E-state index in [9.17, 15) is 4.79 Å². The van der Waals surface area contributed by atoms with Crippen molar-refractivity contribution in [3.05, 3.63) is 63.4 Å². The average Bonchev–Trinajstić information content (AvgIpc) is 3.13. The van der Waals surface area contributed by atoms with Gasteiger partial charge in [-0.3, -0.25) is 4.79 Å². The molecule has 4 rings (SSSR count). The number of rotatable bonds is 5. The zero-order chi connectivity index (χ0) is 18.8. The fourth-order valence-corrected chi connectivity index (χ4v) is 4.20. The smallest absolute Gasteiger partial charge is 0.278 e. The van der Waals surface area contributed by atoms with Crippen LogP contribution in [0, 0.1) is 6.92 Å². The molecule has 0 aliphatic rings. The third-order valence-corrected chi connectivity index (χ3v) is 6.20. The third-order valence-electron chi connectivity index (χ3n) is 3.86. The Bertz CT molecular complexity index is 1180. The third kappa shape index (κ3) is 3.80. The molecule has 1 N–H and O–H groups in total. The first-order valence-electron chi connectivity index (χ1n) is 7.93. The predicted octanol–water partition coefficient (Wildman–Crippen LogP) is 4.10. The standard InChI is InChI=1S/C17H13ClN6OS2/c1-10-12(18)6-4-8-13(10)19-16-21-22-17(27-16)26-9-24-15(25)11-5-2-3-7-14(11)20-23-24/h2-8H,9H2,1H3,(H,19,21). The van der Waals surface area contributed by atoms with E-state index in [4.69, 9.17) is 11.6 Å². The summed E-state index contributed by atoms with van der Waals surface area (Å²) in [5, 5.41) is 21.4. The molecule has 2 heterocycles. The number of hydrogen-bond donors (Lipinski definition) is 1. The van der Waals surface area contributed by atoms with E-state index < -0.39 is 0 Å². The fourth-order valence-electron chi connectivity index (χ4n) is 2.40. The van der Waals surface area contributed by atoms with Gasteiger partial charge in [0.25, 0.3) is 5.56 Å². The number of aromatic nitrogens is 5. The molecule has 0 amide bonds. The molecule has 0 bridgehead atoms. The second kappa shape index (κ2) is 7.63. The van der Waals surface area contributed by atoms with E-state index in [1.807, 2.05) is 37.3 Å². The average molecular weight is 417 g/mol. The molecule has 2 aromatic carbocycles. The fraction of sp³-hybridized carbons (Fsp3) is 0.118. The highest BCUT2D eigenvalue weighted by molar-refractivity contribution is 8.00. The van der Waals surface area contributed by atoms with Crippen molar-refractivity contribution in [2.24, 2.45) is 0 Å². The molecule has 2 aromatic heterocycles. The lowest BCUT2D eigenvalue weighted by Crippen LogP contribution is -2.23. The van der Waals surface area contributed by atoms with Crippen molar-refractivity contribution in [2.45, 2.75) is 17.1 Å². The highest BCUT2D eigenvalue weighted by Gasteiger charge is 2.10. The molecule has 0 radical (unpaired) electrons. The van der Waals surface area contributed by atoms with Gasteiger partial charge in [0.05, 0.1) is 11.3 Å². The molecule has 0 unspecified atom stereocenters. The summed E-state index contributed by atoms with van der Waals surface area (Å²) >= 11 is 8.91. The first kappa shape index (κ1) is 17.9. The summed E-state index contributed by atoms with van der Waals surface area (Å²) in [5.74, 6) is 0.307. The molecule has 27 heavy (non-hydrogen) atoms. The van der Waals surface area contributed by atoms with E-state index in [0.29, 0.717) is 26.9 Å². The highest BCUT2D eigenvalue weighted by Crippen LogP contribution is 2.30. The maximum atomic E-state index is 12.5. The zero-order valence-corrected chi connectivity index (χ0v) is 16.5. The zero-order valence-electron chi connectivity index (χ0n) is 14.1. The Kier molecular flexibility index (Phi) is 5.06. The van der Waals surface area contributed by atoms with Crippen molar-refractivity contribution in [3.8, 4) is 0 Å². The van der Waals surface area contributed by atoms with Crippen LogP contribution in [0.2, 0.25) is 5.02 Å². The summed E-state index contributed by atoms with van der Waals surface area (Å²) in [7, 11) is 0. The van der Waals surface area contributed by atoms with Crippen molar-refractivity contribution < 1.29 is 0 Å². The molecule has 0 atom stereocenters. The first-order chi connectivity index (χ1) is 13.1. The summed E-state index contributed by atoms with van der Waals surface area (Å²) in [4.78, 5) is 12.5. The number of benzene rings is 2. The summed E-state index contributed by atoms with van der Waals surface area (Å²) in [6.45, 7) is 1.94. The lowest BCUT2D eigenvalue weighted by atomic mass is 10.2. The molecule has 0 saturated carbocycles. The van der Waals surface area contributed by atoms with E-state index in [-0.39, 0.29) is 5.56 Å². The lowest BCUT2D eigenvalue weighted by molar-refractivity contribution is 0.644. The maximum Gasteiger partial charge on any atom is 0.278 e. The Morgan fingerprint density at radius 1 is 1.15 bits per heavy atom. The Morgan fingerprint density at radius 3 is 2.89 bits per heavy atom. The van der Waals surface area contributed by atoms with Crippen molar-refractivity contribution in [3.63, 3.8) is 0 Å². The van der Waals surface area contributed by atoms with Crippen LogP contribution in [0.25, 0.3) is 10.9 Å². The maximum absolute atomic E-state index is 12.5. The molecule has 7 nitrogen and oxygen atoms in total. The van der Waals surface area contributed by atoms with E-state index >= 15 is 0 Å². The second-order valence-electron chi connectivity index (χ2n) is 5.60. The van der Waals surface area contributed by atoms with Crippen LogP contribution in [0.4, 0.5) is 10.8 Å². The molecule has 0 fully saturated rings. The van der Waals surface area contributed by atoms with Crippen LogP contribution in [0.15, 0.2) is 51.6 Å². The summed E-state index contributed by atoms with van der Waals surface area (Å²) in [5.41, 5.74) is 2.24. The quantitative estimate of drug-likeness (QED) is 0.490. The Balaban J connectivity index is 1.48. The van der Waals surface area contributed by atoms with E-state index in [0.717, 1.165) is 15.6 Å². The number of anilines is 2. The second-order valence-corrected chi connectivity index (χ2v) is 8.17. The molecule has 10 heteroatoms. The topological polar surface area (TPSA) is 85.6 Å². The van der Waals surface area contributed by atoms with E-state index in [1.54, 1.807) is 12.1 Å². The summed E-state index contributed by atoms with van der Waals surface area (Å²) < 4.78 is 2.04. The van der Waals surface area contributed by atoms with Gasteiger partial charge in [-0.05, 0) is 36.8 Å². The van der Waals surface area contributed by atoms with Gasteiger partial charge in [-0.25, -0.2) is 0 Å². The minimum absolute atomic E-state index is 0.175. The molecule has 136 valence electrons. The molecule has 0 spiro atoms. The van der Waals surface area contributed by atoms with Crippen molar-refractivity contribution in [1.82, 2.24) is 25.2 Å². The van der Waals surface area contributed by atoms with Gasteiger partial charge in [-0.15, -0.1) is 15.3 Å². The minimum atomic E-state index is -0.175. The number of fused-ring (bicyclic) bond motifs is 1. The first-order valence-corrected chi connectivity index (χ1v) is 10.1. The van der Waals surface area contributed by atoms with Gasteiger partial charge in [-0.2, -0.15) is 4.68 Å². The lowest BCUT2D eigenvalue weighted by Gasteiger charge is -2.06. The minimum Gasteiger partial charge on any atom is -0.330 e. The Hall–Kier alpha value is -2.49. The van der Waals surface area contributed by atoms with Gasteiger partial charge in [0.1, 0.15) is 5.52 Å². The van der Waals surface area contributed by atoms with Crippen molar-refractivity contribution in [2.75, 3.05) is 5.32 Å². The van der Waals surface area contributed by atoms with Crippen LogP contribution in [0.5, 0.6) is 0 Å². The van der Waals surface area contributed by atoms with Crippen molar-refractivity contribution in [1.29, 1.82) is 0 Å². The molecular weight excluding hydrogens is 404 g/mol. The van der Waals surface area contributed by atoms with Gasteiger partial charge >= 0.3 is 0 Å². The predicted molar refractivity (Wildman–Crippen MR) is 109 cm³/mol. The number of nitrogens with one attached hydrogen (secondary N) is 1. The van der Waals surface area contributed by atoms with E-state index in [2.05, 4.69) is 25.8 Å². The molecule has 0 saturated heterocycles. The van der Waals surface area contributed by atoms with Crippen LogP contribution < -0.4 is 10.9 Å². The largest absolute Gasteiger partial charge is 0.330 e. The van der Waals surface area contributed by atoms with Crippen LogP contribution in [-0.2, 0) is 5.88 Å².